The molecular weight excluding hydrogens is 304 g/mol. The summed E-state index contributed by atoms with van der Waals surface area (Å²) in [5, 5.41) is 9.19. The number of esters is 1. The van der Waals surface area contributed by atoms with Crippen molar-refractivity contribution in [2.75, 3.05) is 0 Å². The van der Waals surface area contributed by atoms with Gasteiger partial charge < -0.3 is 9.84 Å². The number of unbranched alkanes of at least 4 members (excludes halogenated alkanes) is 8. The molecule has 0 aliphatic carbocycles. The molecule has 0 aliphatic rings. The Morgan fingerprint density at radius 2 is 1.38 bits per heavy atom. The lowest BCUT2D eigenvalue weighted by atomic mass is 10.0. The van der Waals surface area contributed by atoms with Crippen LogP contribution >= 0.6 is 0 Å². The Hall–Kier alpha value is -1.06. The Morgan fingerprint density at radius 3 is 1.96 bits per heavy atom. The average Bonchev–Trinajstić information content (AvgIpc) is 2.52. The number of hydrogen-bond donors (Lipinski definition) is 1. The third-order valence-corrected chi connectivity index (χ3v) is 4.28. The molecule has 0 fully saturated rings. The van der Waals surface area contributed by atoms with Gasteiger partial charge in [0.15, 0.2) is 6.10 Å². The zero-order valence-electron chi connectivity index (χ0n) is 16.0. The third-order valence-electron chi connectivity index (χ3n) is 4.28. The van der Waals surface area contributed by atoms with Crippen molar-refractivity contribution >= 4 is 11.9 Å². The molecule has 0 heterocycles. The molecule has 0 saturated heterocycles. The second kappa shape index (κ2) is 15.5. The van der Waals surface area contributed by atoms with Crippen LogP contribution in [0, 0.1) is 5.92 Å². The lowest BCUT2D eigenvalue weighted by Gasteiger charge is -2.13. The number of carbonyl (C=O) groups is 2. The van der Waals surface area contributed by atoms with Crippen LogP contribution in [0.4, 0.5) is 0 Å². The van der Waals surface area contributed by atoms with Gasteiger partial charge in [-0.3, -0.25) is 4.79 Å². The van der Waals surface area contributed by atoms with Gasteiger partial charge in [0.05, 0.1) is 0 Å². The molecule has 0 aromatic carbocycles. The molecule has 0 rings (SSSR count). The molecule has 1 atom stereocenters. The van der Waals surface area contributed by atoms with Crippen molar-refractivity contribution in [2.24, 2.45) is 5.92 Å². The molecule has 0 aromatic rings. The van der Waals surface area contributed by atoms with E-state index < -0.39 is 12.1 Å². The van der Waals surface area contributed by atoms with Crippen LogP contribution in [0.25, 0.3) is 0 Å². The zero-order chi connectivity index (χ0) is 18.2. The van der Waals surface area contributed by atoms with Gasteiger partial charge in [-0.25, -0.2) is 4.79 Å². The van der Waals surface area contributed by atoms with Crippen LogP contribution in [0.3, 0.4) is 0 Å². The van der Waals surface area contributed by atoms with Crippen LogP contribution in [0.5, 0.6) is 0 Å². The van der Waals surface area contributed by atoms with E-state index in [0.717, 1.165) is 44.4 Å². The predicted molar refractivity (Wildman–Crippen MR) is 98.0 cm³/mol. The summed E-state index contributed by atoms with van der Waals surface area (Å²) in [6.07, 6.45) is 11.7. The maximum Gasteiger partial charge on any atom is 0.345 e. The number of carboxylic acid groups (broad SMARTS) is 1. The fourth-order valence-corrected chi connectivity index (χ4v) is 2.74. The van der Waals surface area contributed by atoms with Crippen molar-refractivity contribution in [3.63, 3.8) is 0 Å². The second-order valence-corrected chi connectivity index (χ2v) is 7.22. The molecule has 0 saturated carbocycles. The normalized spacial score (nSPS) is 12.3. The maximum absolute atomic E-state index is 11.7. The van der Waals surface area contributed by atoms with Crippen molar-refractivity contribution in [1.82, 2.24) is 0 Å². The molecule has 0 radical (unpaired) electrons. The van der Waals surface area contributed by atoms with E-state index >= 15 is 0 Å². The molecule has 4 nitrogen and oxygen atoms in total. The first-order chi connectivity index (χ1) is 11.5. The van der Waals surface area contributed by atoms with Crippen LogP contribution in [-0.2, 0) is 14.3 Å². The highest BCUT2D eigenvalue weighted by Crippen LogP contribution is 2.14. The number of rotatable bonds is 16. The summed E-state index contributed by atoms with van der Waals surface area (Å²) in [6.45, 7) is 6.61. The molecular formula is C20H38O4. The first-order valence-electron chi connectivity index (χ1n) is 9.89. The molecule has 0 amide bonds. The lowest BCUT2D eigenvalue weighted by Crippen LogP contribution is -2.27. The van der Waals surface area contributed by atoms with Crippen molar-refractivity contribution in [2.45, 2.75) is 110 Å². The number of carboxylic acids is 1. The lowest BCUT2D eigenvalue weighted by molar-refractivity contribution is -0.164. The summed E-state index contributed by atoms with van der Waals surface area (Å²) in [6, 6.07) is 0. The zero-order valence-corrected chi connectivity index (χ0v) is 16.0. The average molecular weight is 343 g/mol. The summed E-state index contributed by atoms with van der Waals surface area (Å²) < 4.78 is 5.14. The second-order valence-electron chi connectivity index (χ2n) is 7.22. The number of hydrogen-bond acceptors (Lipinski definition) is 3. The molecule has 1 unspecified atom stereocenters. The Balaban J connectivity index is 3.76. The predicted octanol–water partition coefficient (Wildman–Crippen LogP) is 5.73. The van der Waals surface area contributed by atoms with Gasteiger partial charge in [0.1, 0.15) is 0 Å². The topological polar surface area (TPSA) is 63.6 Å². The molecule has 1 N–H and O–H groups in total. The minimum Gasteiger partial charge on any atom is -0.479 e. The largest absolute Gasteiger partial charge is 0.479 e. The highest BCUT2D eigenvalue weighted by molar-refractivity contribution is 5.77. The molecule has 24 heavy (non-hydrogen) atoms. The van der Waals surface area contributed by atoms with Crippen LogP contribution < -0.4 is 0 Å². The van der Waals surface area contributed by atoms with E-state index in [4.69, 9.17) is 4.74 Å². The van der Waals surface area contributed by atoms with E-state index in [1.165, 1.54) is 32.1 Å². The van der Waals surface area contributed by atoms with E-state index in [1.54, 1.807) is 0 Å². The number of carbonyl (C=O) groups excluding carboxylic acids is 1. The summed E-state index contributed by atoms with van der Waals surface area (Å²) in [7, 11) is 0. The van der Waals surface area contributed by atoms with Crippen LogP contribution in [0.1, 0.15) is 104 Å². The smallest absolute Gasteiger partial charge is 0.345 e. The third kappa shape index (κ3) is 14.5. The molecule has 0 aliphatic heterocycles. The Morgan fingerprint density at radius 1 is 0.833 bits per heavy atom. The van der Waals surface area contributed by atoms with Gasteiger partial charge >= 0.3 is 11.9 Å². The first kappa shape index (κ1) is 22.9. The van der Waals surface area contributed by atoms with Gasteiger partial charge in [0.2, 0.25) is 0 Å². The fraction of sp³-hybridized carbons (Fsp3) is 0.900. The van der Waals surface area contributed by atoms with Gasteiger partial charge in [-0.05, 0) is 25.2 Å². The van der Waals surface area contributed by atoms with Crippen LogP contribution in [0.15, 0.2) is 0 Å². The molecule has 0 aromatic heterocycles. The summed E-state index contributed by atoms with van der Waals surface area (Å²) in [4.78, 5) is 23.0. The van der Waals surface area contributed by atoms with E-state index in [0.29, 0.717) is 12.8 Å². The SMILES string of the molecule is CCCCCCCC(=O)OC(CCCCCCCC(C)C)C(=O)O. The molecule has 4 heteroatoms. The minimum absolute atomic E-state index is 0.336. The van der Waals surface area contributed by atoms with Gasteiger partial charge in [-0.1, -0.05) is 78.6 Å². The molecule has 142 valence electrons. The number of ether oxygens (including phenoxy) is 1. The summed E-state index contributed by atoms with van der Waals surface area (Å²) in [5.41, 5.74) is 0. The van der Waals surface area contributed by atoms with Gasteiger partial charge in [0.25, 0.3) is 0 Å². The Labute approximate surface area is 148 Å². The Bertz CT molecular complexity index is 326. The van der Waals surface area contributed by atoms with Crippen LogP contribution in [-0.4, -0.2) is 23.1 Å². The summed E-state index contributed by atoms with van der Waals surface area (Å²) >= 11 is 0. The fourth-order valence-electron chi connectivity index (χ4n) is 2.74. The monoisotopic (exact) mass is 342 g/mol. The van der Waals surface area contributed by atoms with Crippen molar-refractivity contribution in [1.29, 1.82) is 0 Å². The Kier molecular flexibility index (Phi) is 14.8. The number of aliphatic carboxylic acids is 1. The van der Waals surface area contributed by atoms with E-state index in [9.17, 15) is 14.7 Å². The van der Waals surface area contributed by atoms with Gasteiger partial charge in [0, 0.05) is 6.42 Å². The maximum atomic E-state index is 11.7. The van der Waals surface area contributed by atoms with Gasteiger partial charge in [-0.15, -0.1) is 0 Å². The van der Waals surface area contributed by atoms with Crippen molar-refractivity contribution in [3.05, 3.63) is 0 Å². The van der Waals surface area contributed by atoms with Crippen molar-refractivity contribution < 1.29 is 19.4 Å². The molecule has 0 bridgehead atoms. The van der Waals surface area contributed by atoms with E-state index in [-0.39, 0.29) is 5.97 Å². The van der Waals surface area contributed by atoms with Crippen LogP contribution in [0.2, 0.25) is 0 Å². The highest BCUT2D eigenvalue weighted by atomic mass is 16.6. The molecule has 0 spiro atoms. The van der Waals surface area contributed by atoms with Crippen molar-refractivity contribution in [3.8, 4) is 0 Å². The van der Waals surface area contributed by atoms with E-state index in [2.05, 4.69) is 20.8 Å². The van der Waals surface area contributed by atoms with E-state index in [1.807, 2.05) is 0 Å². The van der Waals surface area contributed by atoms with Gasteiger partial charge in [-0.2, -0.15) is 0 Å². The standard InChI is InChI=1S/C20H38O4/c1-4-5-6-8-13-16-19(21)24-18(20(22)23)15-12-10-7-9-11-14-17(2)3/h17-18H,4-16H2,1-3H3,(H,22,23). The first-order valence-corrected chi connectivity index (χ1v) is 9.89. The highest BCUT2D eigenvalue weighted by Gasteiger charge is 2.21. The minimum atomic E-state index is -1.02. The quantitative estimate of drug-likeness (QED) is 0.287. The summed E-state index contributed by atoms with van der Waals surface area (Å²) in [5.74, 6) is -0.632.